The molecule has 0 aromatic carbocycles. The van der Waals surface area contributed by atoms with Gasteiger partial charge >= 0.3 is 0 Å². The van der Waals surface area contributed by atoms with Crippen LogP contribution < -0.4 is 0 Å². The molecule has 1 spiro atoms. The summed E-state index contributed by atoms with van der Waals surface area (Å²) in [5, 5.41) is 0. The molecular weight excluding hydrogens is 274 g/mol. The molecule has 2 atom stereocenters. The zero-order valence-corrected chi connectivity index (χ0v) is 12.5. The van der Waals surface area contributed by atoms with E-state index in [-0.39, 0.29) is 30.3 Å². The predicted molar refractivity (Wildman–Crippen MR) is 75.1 cm³/mol. The maximum atomic E-state index is 13.0. The van der Waals surface area contributed by atoms with Crippen LogP contribution in [0.1, 0.15) is 38.5 Å². The summed E-state index contributed by atoms with van der Waals surface area (Å²) in [5.41, 5.74) is 0.0941. The van der Waals surface area contributed by atoms with Gasteiger partial charge in [-0.05, 0) is 50.0 Å². The minimum atomic E-state index is -2.64. The highest BCUT2D eigenvalue weighted by molar-refractivity contribution is 5.81. The predicted octanol–water partition coefficient (Wildman–Crippen LogP) is 2.37. The molecule has 21 heavy (non-hydrogen) atoms. The molecule has 2 aliphatic heterocycles. The topological polar surface area (TPSA) is 23.6 Å². The van der Waals surface area contributed by atoms with Crippen molar-refractivity contribution in [1.29, 1.82) is 0 Å². The van der Waals surface area contributed by atoms with Gasteiger partial charge in [0, 0.05) is 19.0 Å². The lowest BCUT2D eigenvalue weighted by Gasteiger charge is -2.42. The van der Waals surface area contributed by atoms with Gasteiger partial charge < -0.3 is 9.80 Å². The van der Waals surface area contributed by atoms with Crippen LogP contribution in [0.15, 0.2) is 0 Å². The number of alkyl halides is 2. The summed E-state index contributed by atoms with van der Waals surface area (Å²) in [5.74, 6) is -1.76. The lowest BCUT2D eigenvalue weighted by molar-refractivity contribution is -0.172. The molecular formula is C16H24F2N2O. The molecule has 2 aliphatic carbocycles. The van der Waals surface area contributed by atoms with Crippen molar-refractivity contribution in [3.63, 3.8) is 0 Å². The normalized spacial score (nSPS) is 39.0. The average Bonchev–Trinajstić information content (AvgIpc) is 2.98. The maximum absolute atomic E-state index is 13.0. The Morgan fingerprint density at radius 2 is 1.86 bits per heavy atom. The van der Waals surface area contributed by atoms with E-state index in [9.17, 15) is 13.6 Å². The highest BCUT2D eigenvalue weighted by Gasteiger charge is 2.55. The molecule has 0 aromatic heterocycles. The van der Waals surface area contributed by atoms with Crippen LogP contribution in [0.25, 0.3) is 0 Å². The highest BCUT2D eigenvalue weighted by atomic mass is 19.3. The summed E-state index contributed by atoms with van der Waals surface area (Å²) in [4.78, 5) is 16.5. The Balaban J connectivity index is 1.41. The van der Waals surface area contributed by atoms with Crippen LogP contribution in [0, 0.1) is 17.3 Å². The van der Waals surface area contributed by atoms with Gasteiger partial charge in [-0.1, -0.05) is 6.42 Å². The monoisotopic (exact) mass is 298 g/mol. The fourth-order valence-corrected chi connectivity index (χ4v) is 4.71. The molecule has 2 saturated carbocycles. The van der Waals surface area contributed by atoms with Crippen LogP contribution in [-0.4, -0.2) is 54.4 Å². The molecule has 4 aliphatic rings. The highest BCUT2D eigenvalue weighted by Crippen LogP contribution is 2.51. The van der Waals surface area contributed by atoms with E-state index >= 15 is 0 Å². The molecule has 4 rings (SSSR count). The molecule has 2 saturated heterocycles. The Kier molecular flexibility index (Phi) is 3.08. The molecule has 3 nitrogen and oxygen atoms in total. The number of amides is 1. The molecule has 0 N–H and O–H groups in total. The standard InChI is InChI=1S/C16H24F2N2O/c17-16(18)10-20(11-16)14(21)13-2-1-5-15(13)6-7-19(9-15)8-12-3-4-12/h12-13H,1-11H2/t13-,15-/m1/s1. The van der Waals surface area contributed by atoms with E-state index in [1.54, 1.807) is 0 Å². The number of hydrogen-bond acceptors (Lipinski definition) is 2. The third-order valence-corrected chi connectivity index (χ3v) is 6.04. The Morgan fingerprint density at radius 3 is 2.52 bits per heavy atom. The molecule has 0 radical (unpaired) electrons. The smallest absolute Gasteiger partial charge is 0.282 e. The number of nitrogens with zero attached hydrogens (tertiary/aromatic N) is 2. The molecule has 5 heteroatoms. The number of rotatable bonds is 3. The summed E-state index contributed by atoms with van der Waals surface area (Å²) in [7, 11) is 0. The Hall–Kier alpha value is -0.710. The van der Waals surface area contributed by atoms with E-state index in [0.717, 1.165) is 44.7 Å². The molecule has 118 valence electrons. The molecule has 0 unspecified atom stereocenters. The van der Waals surface area contributed by atoms with Crippen molar-refractivity contribution >= 4 is 5.91 Å². The average molecular weight is 298 g/mol. The Labute approximate surface area is 124 Å². The summed E-state index contributed by atoms with van der Waals surface area (Å²) < 4.78 is 26.0. The second kappa shape index (κ2) is 4.64. The molecule has 1 amide bonds. The van der Waals surface area contributed by atoms with E-state index in [1.165, 1.54) is 24.3 Å². The summed E-state index contributed by atoms with van der Waals surface area (Å²) in [6.07, 6.45) is 6.88. The van der Waals surface area contributed by atoms with Gasteiger partial charge in [-0.25, -0.2) is 8.78 Å². The first-order valence-corrected chi connectivity index (χ1v) is 8.36. The second-order valence-electron chi connectivity index (χ2n) is 7.79. The second-order valence-corrected chi connectivity index (χ2v) is 7.79. The summed E-state index contributed by atoms with van der Waals surface area (Å²) >= 11 is 0. The summed E-state index contributed by atoms with van der Waals surface area (Å²) in [6, 6.07) is 0. The lowest BCUT2D eigenvalue weighted by atomic mass is 9.76. The fourth-order valence-electron chi connectivity index (χ4n) is 4.71. The number of carbonyl (C=O) groups excluding carboxylic acids is 1. The fraction of sp³-hybridized carbons (Fsp3) is 0.938. The number of carbonyl (C=O) groups is 1. The summed E-state index contributed by atoms with van der Waals surface area (Å²) in [6.45, 7) is 2.58. The van der Waals surface area contributed by atoms with Gasteiger partial charge in [-0.15, -0.1) is 0 Å². The van der Waals surface area contributed by atoms with Crippen LogP contribution in [0.3, 0.4) is 0 Å². The first kappa shape index (κ1) is 13.9. The molecule has 0 aromatic rings. The van der Waals surface area contributed by atoms with Crippen molar-refractivity contribution in [2.45, 2.75) is 44.4 Å². The van der Waals surface area contributed by atoms with Crippen molar-refractivity contribution in [3.8, 4) is 0 Å². The molecule has 2 heterocycles. The van der Waals surface area contributed by atoms with Gasteiger partial charge in [-0.3, -0.25) is 4.79 Å². The van der Waals surface area contributed by atoms with E-state index < -0.39 is 5.92 Å². The first-order valence-electron chi connectivity index (χ1n) is 8.36. The van der Waals surface area contributed by atoms with Crippen molar-refractivity contribution < 1.29 is 13.6 Å². The van der Waals surface area contributed by atoms with Crippen molar-refractivity contribution in [2.75, 3.05) is 32.7 Å². The van der Waals surface area contributed by atoms with Crippen molar-refractivity contribution in [2.24, 2.45) is 17.3 Å². The third kappa shape index (κ3) is 2.47. The minimum Gasteiger partial charge on any atom is -0.330 e. The van der Waals surface area contributed by atoms with Gasteiger partial charge in [0.1, 0.15) is 0 Å². The van der Waals surface area contributed by atoms with Crippen molar-refractivity contribution in [1.82, 2.24) is 9.80 Å². The zero-order valence-electron chi connectivity index (χ0n) is 12.5. The first-order chi connectivity index (χ1) is 9.97. The molecule has 0 bridgehead atoms. The SMILES string of the molecule is O=C([C@H]1CCC[C@]12CCN(CC1CC1)C2)N1CC(F)(F)C1. The number of hydrogen-bond donors (Lipinski definition) is 0. The lowest BCUT2D eigenvalue weighted by Crippen LogP contribution is -2.60. The van der Waals surface area contributed by atoms with Gasteiger partial charge in [0.25, 0.3) is 5.92 Å². The van der Waals surface area contributed by atoms with Crippen LogP contribution in [-0.2, 0) is 4.79 Å². The largest absolute Gasteiger partial charge is 0.330 e. The zero-order chi connectivity index (χ0) is 14.7. The van der Waals surface area contributed by atoms with E-state index in [0.29, 0.717) is 0 Å². The van der Waals surface area contributed by atoms with E-state index in [1.807, 2.05) is 0 Å². The Morgan fingerprint density at radius 1 is 1.10 bits per heavy atom. The number of halogens is 2. The molecule has 4 fully saturated rings. The van der Waals surface area contributed by atoms with Gasteiger partial charge in [0.2, 0.25) is 5.91 Å². The van der Waals surface area contributed by atoms with Crippen LogP contribution in [0.4, 0.5) is 8.78 Å². The van der Waals surface area contributed by atoms with E-state index in [4.69, 9.17) is 0 Å². The van der Waals surface area contributed by atoms with Crippen LogP contribution in [0.2, 0.25) is 0 Å². The minimum absolute atomic E-state index is 0.00203. The van der Waals surface area contributed by atoms with Gasteiger partial charge in [0.15, 0.2) is 0 Å². The van der Waals surface area contributed by atoms with E-state index in [2.05, 4.69) is 4.90 Å². The van der Waals surface area contributed by atoms with Gasteiger partial charge in [-0.2, -0.15) is 0 Å². The maximum Gasteiger partial charge on any atom is 0.282 e. The van der Waals surface area contributed by atoms with Crippen molar-refractivity contribution in [3.05, 3.63) is 0 Å². The van der Waals surface area contributed by atoms with Crippen LogP contribution in [0.5, 0.6) is 0 Å². The quantitative estimate of drug-likeness (QED) is 0.798. The van der Waals surface area contributed by atoms with Crippen LogP contribution >= 0.6 is 0 Å². The number of likely N-dealkylation sites (tertiary alicyclic amines) is 2. The Bertz CT molecular complexity index is 444. The van der Waals surface area contributed by atoms with Gasteiger partial charge in [0.05, 0.1) is 13.1 Å². The third-order valence-electron chi connectivity index (χ3n) is 6.04.